The third-order valence-corrected chi connectivity index (χ3v) is 5.72. The van der Waals surface area contributed by atoms with Crippen LogP contribution >= 0.6 is 0 Å². The van der Waals surface area contributed by atoms with Crippen molar-refractivity contribution in [1.29, 1.82) is 0 Å². The molecule has 1 unspecified atom stereocenters. The predicted molar refractivity (Wildman–Crippen MR) is 132 cm³/mol. The summed E-state index contributed by atoms with van der Waals surface area (Å²) in [4.78, 5) is 26.3. The summed E-state index contributed by atoms with van der Waals surface area (Å²) in [6.07, 6.45) is 1.31. The van der Waals surface area contributed by atoms with Crippen LogP contribution in [0, 0.1) is 0 Å². The molecule has 1 aliphatic rings. The van der Waals surface area contributed by atoms with Crippen LogP contribution in [-0.2, 0) is 4.79 Å². The maximum atomic E-state index is 13.2. The number of amides is 1. The first-order chi connectivity index (χ1) is 16.5. The number of anilines is 1. The molecule has 3 aromatic carbocycles. The number of nitrogens with zero attached hydrogens (tertiary/aromatic N) is 3. The molecule has 0 fully saturated rings. The van der Waals surface area contributed by atoms with Crippen LogP contribution in [0.4, 0.5) is 5.69 Å². The normalized spacial score (nSPS) is 15.0. The number of carbonyl (C=O) groups is 2. The van der Waals surface area contributed by atoms with Crippen molar-refractivity contribution in [3.05, 3.63) is 89.5 Å². The molecule has 0 aromatic heterocycles. The first kappa shape index (κ1) is 23.0. The minimum atomic E-state index is -0.268. The van der Waals surface area contributed by atoms with E-state index < -0.39 is 0 Å². The molecule has 0 aliphatic carbocycles. The molecule has 0 bridgehead atoms. The fourth-order valence-corrected chi connectivity index (χ4v) is 3.86. The average molecular weight is 458 g/mol. The van der Waals surface area contributed by atoms with Gasteiger partial charge in [0.05, 0.1) is 18.9 Å². The predicted octanol–water partition coefficient (Wildman–Crippen LogP) is 4.33. The Balaban J connectivity index is 1.60. The van der Waals surface area contributed by atoms with Gasteiger partial charge >= 0.3 is 0 Å². The highest BCUT2D eigenvalue weighted by atomic mass is 16.5. The van der Waals surface area contributed by atoms with Crippen molar-refractivity contribution in [2.45, 2.75) is 12.5 Å². The lowest BCUT2D eigenvalue weighted by Crippen LogP contribution is -2.31. The SMILES string of the molecule is COc1cccc(C2=NN(C(=O)COc3cccc(C=O)c3)C(c3ccc(N(C)C)cc3)C2)c1. The lowest BCUT2D eigenvalue weighted by molar-refractivity contribution is -0.135. The van der Waals surface area contributed by atoms with E-state index in [9.17, 15) is 9.59 Å². The van der Waals surface area contributed by atoms with Gasteiger partial charge in [-0.25, -0.2) is 5.01 Å². The first-order valence-corrected chi connectivity index (χ1v) is 11.0. The Bertz CT molecular complexity index is 1200. The summed E-state index contributed by atoms with van der Waals surface area (Å²) in [5, 5.41) is 6.20. The van der Waals surface area contributed by atoms with Gasteiger partial charge in [-0.1, -0.05) is 36.4 Å². The standard InChI is InChI=1S/C27H27N3O4/c1-29(2)22-12-10-20(11-13-22)26-16-25(21-7-5-8-23(15-21)33-3)28-30(26)27(32)18-34-24-9-4-6-19(14-24)17-31/h4-15,17,26H,16,18H2,1-3H3. The first-order valence-electron chi connectivity index (χ1n) is 11.0. The van der Waals surface area contributed by atoms with Gasteiger partial charge in [-0.2, -0.15) is 5.10 Å². The maximum absolute atomic E-state index is 13.2. The number of hydrogen-bond donors (Lipinski definition) is 0. The Morgan fingerprint density at radius 3 is 2.50 bits per heavy atom. The molecule has 0 saturated heterocycles. The van der Waals surface area contributed by atoms with Gasteiger partial charge in [0.1, 0.15) is 17.8 Å². The number of hydrogen-bond acceptors (Lipinski definition) is 6. The highest BCUT2D eigenvalue weighted by molar-refractivity contribution is 6.03. The molecule has 0 N–H and O–H groups in total. The zero-order chi connectivity index (χ0) is 24.1. The fraction of sp³-hybridized carbons (Fsp3) is 0.222. The third kappa shape index (κ3) is 5.09. The molecule has 1 heterocycles. The molecular weight excluding hydrogens is 430 g/mol. The van der Waals surface area contributed by atoms with Crippen molar-refractivity contribution in [3.63, 3.8) is 0 Å². The van der Waals surface area contributed by atoms with Crippen molar-refractivity contribution in [2.75, 3.05) is 32.7 Å². The van der Waals surface area contributed by atoms with Crippen LogP contribution in [0.1, 0.15) is 33.9 Å². The van der Waals surface area contributed by atoms with E-state index in [4.69, 9.17) is 14.6 Å². The summed E-state index contributed by atoms with van der Waals surface area (Å²) in [6.45, 7) is -0.191. The summed E-state index contributed by atoms with van der Waals surface area (Å²) < 4.78 is 11.0. The fourth-order valence-electron chi connectivity index (χ4n) is 3.86. The van der Waals surface area contributed by atoms with E-state index in [1.807, 2.05) is 67.5 Å². The number of ether oxygens (including phenoxy) is 2. The Morgan fingerprint density at radius 1 is 1.06 bits per heavy atom. The molecule has 3 aromatic rings. The Hall–Kier alpha value is -4.13. The highest BCUT2D eigenvalue weighted by Crippen LogP contribution is 2.34. The lowest BCUT2D eigenvalue weighted by Gasteiger charge is -2.23. The highest BCUT2D eigenvalue weighted by Gasteiger charge is 2.33. The zero-order valence-corrected chi connectivity index (χ0v) is 19.5. The van der Waals surface area contributed by atoms with Gasteiger partial charge < -0.3 is 14.4 Å². The van der Waals surface area contributed by atoms with Crippen molar-refractivity contribution >= 4 is 23.6 Å². The van der Waals surface area contributed by atoms with Gasteiger partial charge in [0, 0.05) is 37.3 Å². The summed E-state index contributed by atoms with van der Waals surface area (Å²) in [5.41, 5.74) is 4.26. The van der Waals surface area contributed by atoms with Gasteiger partial charge in [-0.3, -0.25) is 9.59 Å². The quantitative estimate of drug-likeness (QED) is 0.471. The Morgan fingerprint density at radius 2 is 1.79 bits per heavy atom. The van der Waals surface area contributed by atoms with E-state index in [0.29, 0.717) is 17.7 Å². The number of carbonyl (C=O) groups excluding carboxylic acids is 2. The van der Waals surface area contributed by atoms with E-state index in [1.54, 1.807) is 31.4 Å². The van der Waals surface area contributed by atoms with Crippen LogP contribution in [0.25, 0.3) is 0 Å². The van der Waals surface area contributed by atoms with Crippen LogP contribution in [0.2, 0.25) is 0 Å². The minimum Gasteiger partial charge on any atom is -0.497 e. The second-order valence-corrected chi connectivity index (χ2v) is 8.20. The van der Waals surface area contributed by atoms with Gasteiger partial charge in [-0.15, -0.1) is 0 Å². The van der Waals surface area contributed by atoms with Crippen LogP contribution in [-0.4, -0.2) is 50.7 Å². The Kier molecular flexibility index (Phi) is 6.92. The third-order valence-electron chi connectivity index (χ3n) is 5.72. The molecule has 174 valence electrons. The summed E-state index contributed by atoms with van der Waals surface area (Å²) in [7, 11) is 5.60. The molecule has 0 spiro atoms. The van der Waals surface area contributed by atoms with Crippen LogP contribution in [0.15, 0.2) is 77.9 Å². The van der Waals surface area contributed by atoms with E-state index in [-0.39, 0.29) is 18.6 Å². The van der Waals surface area contributed by atoms with E-state index in [2.05, 4.69) is 0 Å². The lowest BCUT2D eigenvalue weighted by atomic mass is 9.98. The second-order valence-electron chi connectivity index (χ2n) is 8.20. The number of hydrazone groups is 1. The maximum Gasteiger partial charge on any atom is 0.281 e. The molecule has 1 amide bonds. The van der Waals surface area contributed by atoms with E-state index >= 15 is 0 Å². The molecule has 1 atom stereocenters. The number of benzene rings is 3. The van der Waals surface area contributed by atoms with E-state index in [1.165, 1.54) is 5.01 Å². The van der Waals surface area contributed by atoms with Crippen molar-refractivity contribution in [2.24, 2.45) is 5.10 Å². The van der Waals surface area contributed by atoms with Crippen molar-refractivity contribution in [3.8, 4) is 11.5 Å². The molecule has 34 heavy (non-hydrogen) atoms. The van der Waals surface area contributed by atoms with Crippen LogP contribution in [0.5, 0.6) is 11.5 Å². The monoisotopic (exact) mass is 457 g/mol. The van der Waals surface area contributed by atoms with Gasteiger partial charge in [0.2, 0.25) is 0 Å². The molecule has 0 radical (unpaired) electrons. The minimum absolute atomic E-state index is 0.191. The molecule has 4 rings (SSSR count). The topological polar surface area (TPSA) is 71.4 Å². The summed E-state index contributed by atoms with van der Waals surface area (Å²) in [6, 6.07) is 22.2. The average Bonchev–Trinajstić information content (AvgIpc) is 3.33. The van der Waals surface area contributed by atoms with Gasteiger partial charge in [0.15, 0.2) is 6.61 Å². The van der Waals surface area contributed by atoms with E-state index in [0.717, 1.165) is 34.6 Å². The van der Waals surface area contributed by atoms with Crippen molar-refractivity contribution in [1.82, 2.24) is 5.01 Å². The number of methoxy groups -OCH3 is 1. The van der Waals surface area contributed by atoms with Crippen LogP contribution in [0.3, 0.4) is 0 Å². The number of rotatable bonds is 8. The zero-order valence-electron chi connectivity index (χ0n) is 19.5. The van der Waals surface area contributed by atoms with Gasteiger partial charge in [0.25, 0.3) is 5.91 Å². The molecular formula is C27H27N3O4. The molecule has 7 heteroatoms. The summed E-state index contributed by atoms with van der Waals surface area (Å²) in [5.74, 6) is 0.923. The second kappa shape index (κ2) is 10.2. The van der Waals surface area contributed by atoms with Crippen molar-refractivity contribution < 1.29 is 19.1 Å². The smallest absolute Gasteiger partial charge is 0.281 e. The number of aldehydes is 1. The molecule has 0 saturated carbocycles. The molecule has 1 aliphatic heterocycles. The summed E-state index contributed by atoms with van der Waals surface area (Å²) >= 11 is 0. The largest absolute Gasteiger partial charge is 0.497 e. The van der Waals surface area contributed by atoms with Gasteiger partial charge in [-0.05, 0) is 42.0 Å². The molecule has 7 nitrogen and oxygen atoms in total. The van der Waals surface area contributed by atoms with Crippen LogP contribution < -0.4 is 14.4 Å². The Labute approximate surface area is 199 Å².